The Morgan fingerprint density at radius 2 is 1.70 bits per heavy atom. The second-order valence-corrected chi connectivity index (χ2v) is 5.01. The molecule has 0 aliphatic rings. The minimum Gasteiger partial charge on any atom is -0.481 e. The first-order valence-electron chi connectivity index (χ1n) is 6.79. The van der Waals surface area contributed by atoms with Crippen LogP contribution in [0.2, 0.25) is 0 Å². The number of carbonyl (C=O) groups excluding carboxylic acids is 2. The first-order chi connectivity index (χ1) is 10.6. The number of nitrogens with zero attached hydrogens (tertiary/aromatic N) is 1. The molecule has 1 amide bonds. The maximum absolute atomic E-state index is 12.6. The SMILES string of the molecule is Cc1ccc(C(=O)CN(CCCC(=O)O)C(=O)C(F)(F)F)cc1. The Morgan fingerprint density at radius 1 is 1.13 bits per heavy atom. The zero-order chi connectivity index (χ0) is 17.6. The minimum atomic E-state index is -5.11. The normalized spacial score (nSPS) is 11.1. The van der Waals surface area contributed by atoms with Crippen LogP contribution < -0.4 is 0 Å². The summed E-state index contributed by atoms with van der Waals surface area (Å²) in [7, 11) is 0. The number of halogens is 3. The maximum atomic E-state index is 12.6. The van der Waals surface area contributed by atoms with Crippen LogP contribution in [-0.2, 0) is 9.59 Å². The van der Waals surface area contributed by atoms with Crippen molar-refractivity contribution < 1.29 is 32.7 Å². The summed E-state index contributed by atoms with van der Waals surface area (Å²) in [5, 5.41) is 8.52. The van der Waals surface area contributed by atoms with Crippen molar-refractivity contribution in [3.8, 4) is 0 Å². The Balaban J connectivity index is 2.82. The molecule has 23 heavy (non-hydrogen) atoms. The fourth-order valence-electron chi connectivity index (χ4n) is 1.86. The number of carbonyl (C=O) groups is 3. The van der Waals surface area contributed by atoms with Crippen LogP contribution >= 0.6 is 0 Å². The molecule has 0 aliphatic heterocycles. The molecule has 126 valence electrons. The monoisotopic (exact) mass is 331 g/mol. The summed E-state index contributed by atoms with van der Waals surface area (Å²) in [4.78, 5) is 34.1. The van der Waals surface area contributed by atoms with Crippen molar-refractivity contribution in [2.75, 3.05) is 13.1 Å². The molecular weight excluding hydrogens is 315 g/mol. The molecule has 0 bridgehead atoms. The van der Waals surface area contributed by atoms with Gasteiger partial charge in [0.05, 0.1) is 6.54 Å². The van der Waals surface area contributed by atoms with Crippen molar-refractivity contribution in [1.29, 1.82) is 0 Å². The van der Waals surface area contributed by atoms with E-state index in [1.165, 1.54) is 12.1 Å². The van der Waals surface area contributed by atoms with Gasteiger partial charge in [0, 0.05) is 18.5 Å². The summed E-state index contributed by atoms with van der Waals surface area (Å²) in [6.45, 7) is 0.586. The van der Waals surface area contributed by atoms with Crippen LogP contribution in [0.1, 0.15) is 28.8 Å². The largest absolute Gasteiger partial charge is 0.481 e. The Labute approximate surface area is 130 Å². The Bertz CT molecular complexity index is 581. The van der Waals surface area contributed by atoms with Crippen LogP contribution in [0.3, 0.4) is 0 Å². The van der Waals surface area contributed by atoms with Gasteiger partial charge >= 0.3 is 18.1 Å². The van der Waals surface area contributed by atoms with Gasteiger partial charge in [-0.3, -0.25) is 14.4 Å². The Morgan fingerprint density at radius 3 is 2.17 bits per heavy atom. The molecule has 0 aromatic heterocycles. The van der Waals surface area contributed by atoms with Gasteiger partial charge in [-0.2, -0.15) is 13.2 Å². The van der Waals surface area contributed by atoms with E-state index in [1.807, 2.05) is 0 Å². The number of alkyl halides is 3. The second kappa shape index (κ2) is 7.75. The van der Waals surface area contributed by atoms with Gasteiger partial charge in [0.25, 0.3) is 0 Å². The van der Waals surface area contributed by atoms with E-state index in [0.717, 1.165) is 5.56 Å². The third-order valence-corrected chi connectivity index (χ3v) is 3.06. The molecule has 1 aromatic carbocycles. The minimum absolute atomic E-state index is 0.168. The topological polar surface area (TPSA) is 74.7 Å². The molecule has 8 heteroatoms. The van der Waals surface area contributed by atoms with Crippen molar-refractivity contribution in [3.05, 3.63) is 35.4 Å². The molecule has 1 rings (SSSR count). The zero-order valence-electron chi connectivity index (χ0n) is 12.4. The molecule has 0 fully saturated rings. The highest BCUT2D eigenvalue weighted by atomic mass is 19.4. The van der Waals surface area contributed by atoms with E-state index >= 15 is 0 Å². The van der Waals surface area contributed by atoms with Crippen molar-refractivity contribution in [2.45, 2.75) is 25.9 Å². The highest BCUT2D eigenvalue weighted by Crippen LogP contribution is 2.19. The molecule has 0 aliphatic carbocycles. The van der Waals surface area contributed by atoms with Crippen LogP contribution in [0.5, 0.6) is 0 Å². The number of aryl methyl sites for hydroxylation is 1. The lowest BCUT2D eigenvalue weighted by Gasteiger charge is -2.22. The molecule has 0 spiro atoms. The number of ketones is 1. The van der Waals surface area contributed by atoms with E-state index < -0.39 is 36.9 Å². The number of amides is 1. The van der Waals surface area contributed by atoms with Gasteiger partial charge in [-0.15, -0.1) is 0 Å². The van der Waals surface area contributed by atoms with Crippen LogP contribution in [-0.4, -0.2) is 46.9 Å². The van der Waals surface area contributed by atoms with E-state index in [0.29, 0.717) is 4.90 Å². The molecule has 0 saturated heterocycles. The molecule has 1 aromatic rings. The van der Waals surface area contributed by atoms with Gasteiger partial charge < -0.3 is 10.0 Å². The highest BCUT2D eigenvalue weighted by molar-refractivity contribution is 5.99. The smallest absolute Gasteiger partial charge is 0.471 e. The second-order valence-electron chi connectivity index (χ2n) is 5.01. The quantitative estimate of drug-likeness (QED) is 0.779. The number of hydrogen-bond acceptors (Lipinski definition) is 3. The van der Waals surface area contributed by atoms with E-state index in [2.05, 4.69) is 0 Å². The summed E-state index contributed by atoms with van der Waals surface area (Å²) in [6, 6.07) is 6.19. The Hall–Kier alpha value is -2.38. The maximum Gasteiger partial charge on any atom is 0.471 e. The molecule has 0 radical (unpaired) electrons. The standard InChI is InChI=1S/C15H16F3NO4/c1-10-4-6-11(7-5-10)12(20)9-19(8-2-3-13(21)22)14(23)15(16,17)18/h4-7H,2-3,8-9H2,1H3,(H,21,22). The van der Waals surface area contributed by atoms with Crippen LogP contribution in [0.4, 0.5) is 13.2 Å². The Kier molecular flexibility index (Phi) is 6.29. The van der Waals surface area contributed by atoms with E-state index in [-0.39, 0.29) is 18.4 Å². The molecule has 5 nitrogen and oxygen atoms in total. The number of rotatable bonds is 7. The number of hydrogen-bond donors (Lipinski definition) is 1. The average Bonchev–Trinajstić information content (AvgIpc) is 2.44. The third kappa shape index (κ3) is 6.09. The first kappa shape index (κ1) is 18.7. The van der Waals surface area contributed by atoms with E-state index in [4.69, 9.17) is 5.11 Å². The highest BCUT2D eigenvalue weighted by Gasteiger charge is 2.42. The predicted octanol–water partition coefficient (Wildman–Crippen LogP) is 2.43. The van der Waals surface area contributed by atoms with Crippen LogP contribution in [0, 0.1) is 6.92 Å². The van der Waals surface area contributed by atoms with Gasteiger partial charge in [0.15, 0.2) is 5.78 Å². The van der Waals surface area contributed by atoms with Crippen molar-refractivity contribution in [2.24, 2.45) is 0 Å². The number of Topliss-reactive ketones (excluding diaryl/α,β-unsaturated/α-hetero) is 1. The molecular formula is C15H16F3NO4. The van der Waals surface area contributed by atoms with Gasteiger partial charge in [-0.1, -0.05) is 29.8 Å². The molecule has 0 heterocycles. The summed E-state index contributed by atoms with van der Waals surface area (Å²) in [5.41, 5.74) is 1.07. The zero-order valence-corrected chi connectivity index (χ0v) is 12.4. The van der Waals surface area contributed by atoms with E-state index in [9.17, 15) is 27.6 Å². The molecule has 1 N–H and O–H groups in total. The van der Waals surface area contributed by atoms with Crippen molar-refractivity contribution >= 4 is 17.7 Å². The lowest BCUT2D eigenvalue weighted by Crippen LogP contribution is -2.44. The van der Waals surface area contributed by atoms with Gasteiger partial charge in [0.1, 0.15) is 0 Å². The van der Waals surface area contributed by atoms with Gasteiger partial charge in [-0.05, 0) is 13.3 Å². The number of carboxylic acid groups (broad SMARTS) is 1. The molecule has 0 unspecified atom stereocenters. The lowest BCUT2D eigenvalue weighted by molar-refractivity contribution is -0.185. The third-order valence-electron chi connectivity index (χ3n) is 3.06. The average molecular weight is 331 g/mol. The number of benzene rings is 1. The summed E-state index contributed by atoms with van der Waals surface area (Å²) in [6.07, 6.45) is -5.67. The number of carboxylic acids is 1. The predicted molar refractivity (Wildman–Crippen MR) is 75.0 cm³/mol. The van der Waals surface area contributed by atoms with Crippen molar-refractivity contribution in [3.63, 3.8) is 0 Å². The lowest BCUT2D eigenvalue weighted by atomic mass is 10.1. The summed E-state index contributed by atoms with van der Waals surface area (Å²) < 4.78 is 37.7. The fourth-order valence-corrected chi connectivity index (χ4v) is 1.86. The van der Waals surface area contributed by atoms with E-state index in [1.54, 1.807) is 19.1 Å². The van der Waals surface area contributed by atoms with Crippen LogP contribution in [0.15, 0.2) is 24.3 Å². The van der Waals surface area contributed by atoms with Crippen molar-refractivity contribution in [1.82, 2.24) is 4.90 Å². The molecule has 0 atom stereocenters. The first-order valence-corrected chi connectivity index (χ1v) is 6.79. The number of aliphatic carboxylic acids is 1. The summed E-state index contributed by atoms with van der Waals surface area (Å²) >= 11 is 0. The summed E-state index contributed by atoms with van der Waals surface area (Å²) in [5.74, 6) is -3.98. The fraction of sp³-hybridized carbons (Fsp3) is 0.400. The molecule has 0 saturated carbocycles. The van der Waals surface area contributed by atoms with Gasteiger partial charge in [-0.25, -0.2) is 0 Å². The van der Waals surface area contributed by atoms with Gasteiger partial charge in [0.2, 0.25) is 0 Å². The van der Waals surface area contributed by atoms with Crippen LogP contribution in [0.25, 0.3) is 0 Å².